The van der Waals surface area contributed by atoms with Crippen LogP contribution in [0.3, 0.4) is 0 Å². The number of rotatable bonds is 18. The highest BCUT2D eigenvalue weighted by atomic mass is 35.5. The van der Waals surface area contributed by atoms with E-state index in [1.165, 1.54) is 104 Å². The molecule has 0 aliphatic carbocycles. The number of pyridine rings is 6. The van der Waals surface area contributed by atoms with Crippen LogP contribution in [0.15, 0.2) is 158 Å². The quantitative estimate of drug-likeness (QED) is 0.0408. The molecule has 12 heterocycles. The van der Waals surface area contributed by atoms with Crippen LogP contribution < -0.4 is 49.0 Å². The molecule has 6 N–H and O–H groups in total. The molecule has 9 aromatic heterocycles. The van der Waals surface area contributed by atoms with Crippen molar-refractivity contribution in [2.45, 2.75) is 113 Å². The standard InChI is InChI=1S/3C30H30Cl2FN7O2S/c3*1-6-22(41)38-11-12-39(16(4)14-38)28-17-13-19(32)26(23-20(34)8-7-18(31)24(23)33)36-29(17)40(30(42)37-28)27-21(43-5)9-10-35-25(27)15(2)3/h3*6-10,13,15-16H,1,11-12,14,34H2,2-5H3/t3*16-/m000/s1. The summed E-state index contributed by atoms with van der Waals surface area (Å²) in [6.45, 7) is 32.1. The van der Waals surface area contributed by atoms with Crippen LogP contribution >= 0.6 is 105 Å². The van der Waals surface area contributed by atoms with Gasteiger partial charge in [0.2, 0.25) is 17.7 Å². The predicted octanol–water partition coefficient (Wildman–Crippen LogP) is 17.8. The van der Waals surface area contributed by atoms with E-state index in [0.29, 0.717) is 127 Å². The molecule has 3 aromatic carbocycles. The number of hydrogen-bond donors (Lipinski definition) is 3. The molecule has 129 heavy (non-hydrogen) atoms. The van der Waals surface area contributed by atoms with Gasteiger partial charge in [-0.3, -0.25) is 29.3 Å². The molecule has 3 amide bonds. The van der Waals surface area contributed by atoms with Gasteiger partial charge in [0.15, 0.2) is 34.4 Å². The minimum atomic E-state index is -0.774. The summed E-state index contributed by atoms with van der Waals surface area (Å²) in [7, 11) is 0. The minimum Gasteiger partial charge on any atom is -0.398 e. The summed E-state index contributed by atoms with van der Waals surface area (Å²) in [5, 5.41) is 1.27. The van der Waals surface area contributed by atoms with Gasteiger partial charge in [-0.25, -0.2) is 56.2 Å². The summed E-state index contributed by atoms with van der Waals surface area (Å²) < 4.78 is 50.5. The first-order valence-corrected chi connectivity index (χ1v) is 46.6. The number of carbonyl (C=O) groups is 3. The van der Waals surface area contributed by atoms with Gasteiger partial charge in [0.25, 0.3) is 0 Å². The van der Waals surface area contributed by atoms with Crippen LogP contribution in [0.25, 0.3) is 83.9 Å². The van der Waals surface area contributed by atoms with Crippen molar-refractivity contribution >= 4 is 190 Å². The highest BCUT2D eigenvalue weighted by molar-refractivity contribution is 7.99. The van der Waals surface area contributed by atoms with Gasteiger partial charge < -0.3 is 46.6 Å². The second-order valence-corrected chi connectivity index (χ2v) is 36.5. The van der Waals surface area contributed by atoms with E-state index in [-0.39, 0.29) is 152 Å². The van der Waals surface area contributed by atoms with E-state index in [1.807, 2.05) is 114 Å². The smallest absolute Gasteiger partial charge is 0.355 e. The highest BCUT2D eigenvalue weighted by Gasteiger charge is 2.37. The third kappa shape index (κ3) is 18.5. The van der Waals surface area contributed by atoms with Crippen LogP contribution in [-0.4, -0.2) is 187 Å². The average molecular weight is 1930 g/mol. The number of aromatic nitrogens is 12. The maximum atomic E-state index is 15.4. The first-order chi connectivity index (χ1) is 61.4. The molecule has 0 saturated carbocycles. The number of fused-ring (bicyclic) bond motifs is 3. The van der Waals surface area contributed by atoms with Gasteiger partial charge >= 0.3 is 17.1 Å². The molecular formula is C90H90Cl6F3N21O6S3. The van der Waals surface area contributed by atoms with Crippen molar-refractivity contribution in [1.29, 1.82) is 0 Å². The molecule has 672 valence electrons. The van der Waals surface area contributed by atoms with Crippen LogP contribution in [-0.2, 0) is 14.4 Å². The second-order valence-electron chi connectivity index (χ2n) is 31.5. The highest BCUT2D eigenvalue weighted by Crippen LogP contribution is 2.46. The number of hydrogen-bond acceptors (Lipinski definition) is 24. The number of amides is 3. The van der Waals surface area contributed by atoms with Gasteiger partial charge in [-0.1, -0.05) is 131 Å². The third-order valence-corrected chi connectivity index (χ3v) is 26.4. The minimum absolute atomic E-state index is 0.0344. The zero-order chi connectivity index (χ0) is 93.5. The molecule has 15 rings (SSSR count). The van der Waals surface area contributed by atoms with E-state index in [9.17, 15) is 28.8 Å². The monoisotopic (exact) mass is 1920 g/mol. The third-order valence-electron chi connectivity index (χ3n) is 22.4. The van der Waals surface area contributed by atoms with Crippen molar-refractivity contribution in [1.82, 2.24) is 73.3 Å². The van der Waals surface area contributed by atoms with Gasteiger partial charge in [0.1, 0.15) is 17.5 Å². The van der Waals surface area contributed by atoms with Crippen LogP contribution in [0.2, 0.25) is 30.1 Å². The SMILES string of the molecule is C=CC(=O)N1CCN(c2nc(=O)n(-c3c(SC)ccnc3C(C)C)c3nc(-c4c(N)ccc(Cl)c4F)c(Cl)cc23)[C@@H](C)C1.C=CC(=O)N1CCN(c2nc(=O)n(-c3c(SC)ccnc3C(C)C)c3nc(-c4c(N)ccc(Cl)c4F)c(Cl)cc23)[C@@H](C)C1.C=CC(=O)N1CCN(c2nc(=O)n(-c3c(SC)ccnc3C(C)C)c3nc(-c4c(N)ccc(Cl)c4F)c(Cl)cc23)[C@@H](C)C1. The van der Waals surface area contributed by atoms with Crippen molar-refractivity contribution in [2.75, 3.05) is 110 Å². The average Bonchev–Trinajstić information content (AvgIpc) is 0.739. The molecular weight excluding hydrogens is 1840 g/mol. The Hall–Kier alpha value is -11.0. The van der Waals surface area contributed by atoms with Crippen LogP contribution in [0.4, 0.5) is 47.7 Å². The maximum absolute atomic E-state index is 15.4. The number of benzene rings is 3. The Morgan fingerprint density at radius 3 is 0.868 bits per heavy atom. The Bertz CT molecular complexity index is 6120. The summed E-state index contributed by atoms with van der Waals surface area (Å²) in [6, 6.07) is 18.2. The molecule has 3 fully saturated rings. The van der Waals surface area contributed by atoms with Gasteiger partial charge in [0, 0.05) is 127 Å². The van der Waals surface area contributed by atoms with E-state index >= 15 is 13.2 Å². The van der Waals surface area contributed by atoms with E-state index in [0.717, 1.165) is 14.7 Å². The number of halogens is 9. The molecule has 27 nitrogen and oxygen atoms in total. The number of piperazine rings is 3. The molecule has 0 radical (unpaired) electrons. The predicted molar refractivity (Wildman–Crippen MR) is 517 cm³/mol. The number of carbonyl (C=O) groups excluding carboxylic acids is 3. The lowest BCUT2D eigenvalue weighted by molar-refractivity contribution is -0.127. The first kappa shape index (κ1) is 95.6. The lowest BCUT2D eigenvalue weighted by atomic mass is 10.1. The molecule has 0 bridgehead atoms. The summed E-state index contributed by atoms with van der Waals surface area (Å²) in [5.74, 6) is -1.90. The number of nitrogen functional groups attached to an aromatic ring is 3. The van der Waals surface area contributed by atoms with Crippen molar-refractivity contribution in [3.63, 3.8) is 0 Å². The van der Waals surface area contributed by atoms with Crippen molar-refractivity contribution < 1.29 is 27.6 Å². The Morgan fingerprint density at radius 1 is 0.403 bits per heavy atom. The fourth-order valence-corrected chi connectivity index (χ4v) is 19.1. The normalized spacial score (nSPS) is 15.4. The van der Waals surface area contributed by atoms with Gasteiger partial charge in [-0.2, -0.15) is 15.0 Å². The van der Waals surface area contributed by atoms with Gasteiger partial charge in [-0.05, 0) is 148 Å². The maximum Gasteiger partial charge on any atom is 0.355 e. The van der Waals surface area contributed by atoms with Crippen LogP contribution in [0.5, 0.6) is 0 Å². The number of nitrogens with zero attached hydrogens (tertiary/aromatic N) is 18. The Morgan fingerprint density at radius 2 is 0.651 bits per heavy atom. The van der Waals surface area contributed by atoms with E-state index in [1.54, 1.807) is 51.5 Å². The summed E-state index contributed by atoms with van der Waals surface area (Å²) in [6.07, 6.45) is 14.7. The summed E-state index contributed by atoms with van der Waals surface area (Å²) in [5.41, 5.74) is 21.2. The largest absolute Gasteiger partial charge is 0.398 e. The van der Waals surface area contributed by atoms with Crippen molar-refractivity contribution in [2.24, 2.45) is 0 Å². The molecule has 12 aromatic rings. The molecule has 3 atom stereocenters. The van der Waals surface area contributed by atoms with Crippen LogP contribution in [0, 0.1) is 17.5 Å². The first-order valence-electron chi connectivity index (χ1n) is 40.7. The number of nitrogens with two attached hydrogens (primary N) is 3. The Kier molecular flexibility index (Phi) is 29.4. The van der Waals surface area contributed by atoms with Gasteiger partial charge in [-0.15, -0.1) is 35.3 Å². The zero-order valence-electron chi connectivity index (χ0n) is 72.2. The molecule has 3 saturated heterocycles. The van der Waals surface area contributed by atoms with E-state index in [4.69, 9.17) is 102 Å². The van der Waals surface area contributed by atoms with Crippen LogP contribution in [0.1, 0.15) is 97.1 Å². The molecule has 39 heteroatoms. The molecule has 3 aliphatic heterocycles. The summed E-state index contributed by atoms with van der Waals surface area (Å²) >= 11 is 43.1. The van der Waals surface area contributed by atoms with Crippen molar-refractivity contribution in [3.05, 3.63) is 225 Å². The van der Waals surface area contributed by atoms with Gasteiger partial charge in [0.05, 0.1) is 114 Å². The number of anilines is 6. The lowest BCUT2D eigenvalue weighted by Gasteiger charge is -2.40. The van der Waals surface area contributed by atoms with E-state index in [2.05, 4.69) is 49.6 Å². The van der Waals surface area contributed by atoms with Crippen molar-refractivity contribution in [3.8, 4) is 50.8 Å². The summed E-state index contributed by atoms with van der Waals surface area (Å²) in [4.78, 5) is 134. The second kappa shape index (κ2) is 39.7. The fraction of sp³-hybridized carbons (Fsp3) is 0.300. The fourth-order valence-electron chi connectivity index (χ4n) is 16.1. The lowest BCUT2D eigenvalue weighted by Crippen LogP contribution is -2.54. The topological polar surface area (TPSA) is 331 Å². The molecule has 0 spiro atoms. The molecule has 0 unspecified atom stereocenters. The number of thioether (sulfide) groups is 3. The molecule has 3 aliphatic rings. The zero-order valence-corrected chi connectivity index (χ0v) is 79.2. The van der Waals surface area contributed by atoms with E-state index < -0.39 is 34.5 Å². The Balaban J connectivity index is 0.000000165. The Labute approximate surface area is 783 Å².